The SMILES string of the molecule is CC(C)(c1ccc(Cl)cc1F)c1cnc(SCc2c(F)cccc2Cl)n1-c1ccc(F)cc1. The van der Waals surface area contributed by atoms with E-state index in [1.54, 1.807) is 42.6 Å². The maximum absolute atomic E-state index is 14.9. The van der Waals surface area contributed by atoms with Crippen LogP contribution in [-0.4, -0.2) is 9.55 Å². The molecule has 170 valence electrons. The van der Waals surface area contributed by atoms with Gasteiger partial charge in [-0.3, -0.25) is 4.57 Å². The average Bonchev–Trinajstić information content (AvgIpc) is 3.18. The van der Waals surface area contributed by atoms with Gasteiger partial charge in [0, 0.05) is 32.5 Å². The zero-order valence-corrected chi connectivity index (χ0v) is 20.1. The lowest BCUT2D eigenvalue weighted by atomic mass is 9.81. The minimum absolute atomic E-state index is 0.235. The number of rotatable bonds is 6. The van der Waals surface area contributed by atoms with Crippen LogP contribution in [0.4, 0.5) is 13.2 Å². The Balaban J connectivity index is 1.81. The fourth-order valence-electron chi connectivity index (χ4n) is 3.66. The molecular formula is C25H19Cl2F3N2S. The molecule has 0 spiro atoms. The van der Waals surface area contributed by atoms with Crippen molar-refractivity contribution in [3.05, 3.63) is 111 Å². The maximum atomic E-state index is 14.9. The van der Waals surface area contributed by atoms with Crippen molar-refractivity contribution in [3.63, 3.8) is 0 Å². The summed E-state index contributed by atoms with van der Waals surface area (Å²) in [6.07, 6.45) is 1.66. The average molecular weight is 507 g/mol. The van der Waals surface area contributed by atoms with Crippen LogP contribution in [0.25, 0.3) is 5.69 Å². The summed E-state index contributed by atoms with van der Waals surface area (Å²) in [6.45, 7) is 3.75. The molecule has 0 amide bonds. The normalized spacial score (nSPS) is 11.7. The van der Waals surface area contributed by atoms with Gasteiger partial charge in [0.2, 0.25) is 0 Å². The smallest absolute Gasteiger partial charge is 0.173 e. The molecule has 0 aliphatic heterocycles. The van der Waals surface area contributed by atoms with Crippen molar-refractivity contribution in [2.75, 3.05) is 0 Å². The highest BCUT2D eigenvalue weighted by atomic mass is 35.5. The highest BCUT2D eigenvalue weighted by Crippen LogP contribution is 2.38. The summed E-state index contributed by atoms with van der Waals surface area (Å²) in [7, 11) is 0. The van der Waals surface area contributed by atoms with E-state index in [1.165, 1.54) is 36.0 Å². The molecule has 0 atom stereocenters. The van der Waals surface area contributed by atoms with E-state index in [9.17, 15) is 13.2 Å². The number of hydrogen-bond acceptors (Lipinski definition) is 2. The monoisotopic (exact) mass is 506 g/mol. The van der Waals surface area contributed by atoms with Crippen molar-refractivity contribution in [2.45, 2.75) is 30.2 Å². The molecule has 4 rings (SSSR count). The molecule has 1 heterocycles. The summed E-state index contributed by atoms with van der Waals surface area (Å²) in [6, 6.07) is 15.0. The zero-order valence-electron chi connectivity index (χ0n) is 17.8. The molecule has 0 aliphatic carbocycles. The lowest BCUT2D eigenvalue weighted by molar-refractivity contribution is 0.529. The van der Waals surface area contributed by atoms with E-state index in [0.29, 0.717) is 37.7 Å². The molecule has 0 aliphatic rings. The number of benzene rings is 3. The molecule has 3 aromatic carbocycles. The number of thioether (sulfide) groups is 1. The Kier molecular flexibility index (Phi) is 6.80. The molecule has 4 aromatic rings. The molecule has 8 heteroatoms. The molecule has 0 saturated heterocycles. The first-order chi connectivity index (χ1) is 15.7. The first-order valence-electron chi connectivity index (χ1n) is 10.0. The maximum Gasteiger partial charge on any atom is 0.173 e. The van der Waals surface area contributed by atoms with Crippen LogP contribution in [0.1, 0.15) is 30.7 Å². The van der Waals surface area contributed by atoms with Crippen LogP contribution in [0.2, 0.25) is 10.0 Å². The standard InChI is InChI=1S/C25H19Cl2F3N2S/c1-25(2,19-11-6-15(26)12-22(19)30)23-13-31-24(32(23)17-9-7-16(28)8-10-17)33-14-18-20(27)4-3-5-21(18)29/h3-13H,14H2,1-2H3. The third kappa shape index (κ3) is 4.79. The molecule has 0 N–H and O–H groups in total. The minimum Gasteiger partial charge on any atom is -0.291 e. The van der Waals surface area contributed by atoms with Crippen molar-refractivity contribution >= 4 is 35.0 Å². The van der Waals surface area contributed by atoms with E-state index < -0.39 is 17.0 Å². The van der Waals surface area contributed by atoms with Gasteiger partial charge >= 0.3 is 0 Å². The van der Waals surface area contributed by atoms with Gasteiger partial charge in [-0.05, 0) is 54.1 Å². The Bertz CT molecular complexity index is 1280. The molecular weight excluding hydrogens is 488 g/mol. The Morgan fingerprint density at radius 2 is 1.67 bits per heavy atom. The van der Waals surface area contributed by atoms with Crippen LogP contribution in [0.5, 0.6) is 0 Å². The Labute approximate surface area is 204 Å². The quantitative estimate of drug-likeness (QED) is 0.245. The molecule has 33 heavy (non-hydrogen) atoms. The Morgan fingerprint density at radius 1 is 0.939 bits per heavy atom. The van der Waals surface area contributed by atoms with E-state index in [0.717, 1.165) is 0 Å². The van der Waals surface area contributed by atoms with Crippen LogP contribution < -0.4 is 0 Å². The second kappa shape index (κ2) is 9.45. The summed E-state index contributed by atoms with van der Waals surface area (Å²) in [5, 5.41) is 1.17. The fraction of sp³-hybridized carbons (Fsp3) is 0.160. The summed E-state index contributed by atoms with van der Waals surface area (Å²) >= 11 is 13.4. The first-order valence-corrected chi connectivity index (χ1v) is 11.8. The lowest BCUT2D eigenvalue weighted by Gasteiger charge is -2.28. The lowest BCUT2D eigenvalue weighted by Crippen LogP contribution is -2.24. The second-order valence-corrected chi connectivity index (χ2v) is 9.76. The van der Waals surface area contributed by atoms with Crippen LogP contribution in [0.3, 0.4) is 0 Å². The Morgan fingerprint density at radius 3 is 2.33 bits per heavy atom. The number of nitrogens with zero attached hydrogens (tertiary/aromatic N) is 2. The van der Waals surface area contributed by atoms with Crippen molar-refractivity contribution in [1.29, 1.82) is 0 Å². The minimum atomic E-state index is -0.815. The van der Waals surface area contributed by atoms with Crippen LogP contribution in [0.15, 0.2) is 72.0 Å². The van der Waals surface area contributed by atoms with Crippen LogP contribution in [-0.2, 0) is 11.2 Å². The molecule has 0 saturated carbocycles. The van der Waals surface area contributed by atoms with E-state index >= 15 is 0 Å². The van der Waals surface area contributed by atoms with Crippen molar-refractivity contribution < 1.29 is 13.2 Å². The largest absolute Gasteiger partial charge is 0.291 e. The van der Waals surface area contributed by atoms with E-state index in [2.05, 4.69) is 4.98 Å². The van der Waals surface area contributed by atoms with Gasteiger partial charge in [0.15, 0.2) is 5.16 Å². The highest BCUT2D eigenvalue weighted by Gasteiger charge is 2.32. The summed E-state index contributed by atoms with van der Waals surface area (Å²) in [5.74, 6) is -0.986. The number of hydrogen-bond donors (Lipinski definition) is 0. The second-order valence-electron chi connectivity index (χ2n) is 7.98. The van der Waals surface area contributed by atoms with Gasteiger partial charge in [0.25, 0.3) is 0 Å². The number of imidazole rings is 1. The summed E-state index contributed by atoms with van der Waals surface area (Å²) in [4.78, 5) is 4.55. The molecule has 2 nitrogen and oxygen atoms in total. The molecule has 0 radical (unpaired) electrons. The van der Waals surface area contributed by atoms with Gasteiger partial charge in [0.05, 0.1) is 11.9 Å². The first kappa shape index (κ1) is 23.7. The topological polar surface area (TPSA) is 17.8 Å². The number of halogens is 5. The van der Waals surface area contributed by atoms with E-state index in [-0.39, 0.29) is 11.6 Å². The van der Waals surface area contributed by atoms with Crippen molar-refractivity contribution in [1.82, 2.24) is 9.55 Å². The third-order valence-electron chi connectivity index (χ3n) is 5.47. The van der Waals surface area contributed by atoms with Gasteiger partial charge < -0.3 is 0 Å². The zero-order chi connectivity index (χ0) is 23.8. The van der Waals surface area contributed by atoms with Crippen molar-refractivity contribution in [3.8, 4) is 5.69 Å². The van der Waals surface area contributed by atoms with E-state index in [1.807, 2.05) is 18.4 Å². The van der Waals surface area contributed by atoms with Gasteiger partial charge in [-0.2, -0.15) is 0 Å². The fourth-order valence-corrected chi connectivity index (χ4v) is 5.15. The highest BCUT2D eigenvalue weighted by molar-refractivity contribution is 7.98. The predicted molar refractivity (Wildman–Crippen MR) is 128 cm³/mol. The van der Waals surface area contributed by atoms with E-state index in [4.69, 9.17) is 23.2 Å². The number of aromatic nitrogens is 2. The van der Waals surface area contributed by atoms with Crippen LogP contribution in [0, 0.1) is 17.5 Å². The molecule has 0 fully saturated rings. The third-order valence-corrected chi connectivity index (χ3v) is 7.03. The predicted octanol–water partition coefficient (Wildman–Crippen LogP) is 8.21. The van der Waals surface area contributed by atoms with Crippen LogP contribution >= 0.6 is 35.0 Å². The summed E-state index contributed by atoms with van der Waals surface area (Å²) in [5.41, 5.74) is 1.31. The Hall–Kier alpha value is -2.41. The van der Waals surface area contributed by atoms with Gasteiger partial charge in [-0.25, -0.2) is 18.2 Å². The molecule has 1 aromatic heterocycles. The van der Waals surface area contributed by atoms with Gasteiger partial charge in [-0.15, -0.1) is 0 Å². The van der Waals surface area contributed by atoms with Crippen molar-refractivity contribution in [2.24, 2.45) is 0 Å². The molecule has 0 unspecified atom stereocenters. The van der Waals surface area contributed by atoms with Gasteiger partial charge in [-0.1, -0.05) is 60.9 Å². The summed E-state index contributed by atoms with van der Waals surface area (Å²) < 4.78 is 44.6. The molecule has 0 bridgehead atoms. The van der Waals surface area contributed by atoms with Gasteiger partial charge in [0.1, 0.15) is 17.5 Å².